The van der Waals surface area contributed by atoms with Crippen LogP contribution in [0.4, 0.5) is 8.78 Å². The molecule has 19 heavy (non-hydrogen) atoms. The largest absolute Gasteiger partial charge is 0.345 e. The van der Waals surface area contributed by atoms with Gasteiger partial charge in [0.05, 0.1) is 6.04 Å². The maximum Gasteiger partial charge on any atom is 0.263 e. The number of rotatable bonds is 6. The SMILES string of the molecule is CCN(C)C(=O)C(C)NCc1cccc(C(F)F)c1. The topological polar surface area (TPSA) is 32.3 Å². The minimum Gasteiger partial charge on any atom is -0.345 e. The Morgan fingerprint density at radius 3 is 2.68 bits per heavy atom. The Morgan fingerprint density at radius 2 is 2.11 bits per heavy atom. The molecule has 106 valence electrons. The fourth-order valence-electron chi connectivity index (χ4n) is 1.68. The van der Waals surface area contributed by atoms with Gasteiger partial charge in [-0.1, -0.05) is 18.2 Å². The normalized spacial score (nSPS) is 12.5. The van der Waals surface area contributed by atoms with Gasteiger partial charge in [-0.25, -0.2) is 8.78 Å². The first kappa shape index (κ1) is 15.6. The minimum absolute atomic E-state index is 0.00366. The van der Waals surface area contributed by atoms with Gasteiger partial charge in [0.1, 0.15) is 0 Å². The van der Waals surface area contributed by atoms with E-state index in [-0.39, 0.29) is 17.5 Å². The number of hydrogen-bond donors (Lipinski definition) is 1. The van der Waals surface area contributed by atoms with Gasteiger partial charge in [-0.3, -0.25) is 4.79 Å². The number of likely N-dealkylation sites (N-methyl/N-ethyl adjacent to an activating group) is 1. The van der Waals surface area contributed by atoms with E-state index < -0.39 is 6.43 Å². The van der Waals surface area contributed by atoms with Gasteiger partial charge >= 0.3 is 0 Å². The summed E-state index contributed by atoms with van der Waals surface area (Å²) in [6, 6.07) is 5.88. The van der Waals surface area contributed by atoms with Gasteiger partial charge in [-0.05, 0) is 25.5 Å². The Kier molecular flexibility index (Phi) is 5.89. The highest BCUT2D eigenvalue weighted by atomic mass is 19.3. The van der Waals surface area contributed by atoms with E-state index in [9.17, 15) is 13.6 Å². The van der Waals surface area contributed by atoms with Crippen molar-refractivity contribution in [3.63, 3.8) is 0 Å². The molecule has 0 aliphatic heterocycles. The third-order valence-electron chi connectivity index (χ3n) is 3.04. The van der Waals surface area contributed by atoms with Crippen molar-refractivity contribution >= 4 is 5.91 Å². The quantitative estimate of drug-likeness (QED) is 0.861. The smallest absolute Gasteiger partial charge is 0.263 e. The molecule has 0 fully saturated rings. The molecule has 0 saturated carbocycles. The van der Waals surface area contributed by atoms with Crippen LogP contribution in [0.1, 0.15) is 31.4 Å². The van der Waals surface area contributed by atoms with E-state index in [4.69, 9.17) is 0 Å². The Labute approximate surface area is 112 Å². The van der Waals surface area contributed by atoms with Gasteiger partial charge in [0, 0.05) is 25.7 Å². The fourth-order valence-corrected chi connectivity index (χ4v) is 1.68. The van der Waals surface area contributed by atoms with Crippen LogP contribution in [0.3, 0.4) is 0 Å². The van der Waals surface area contributed by atoms with Crippen molar-refractivity contribution < 1.29 is 13.6 Å². The molecule has 1 atom stereocenters. The molecule has 5 heteroatoms. The lowest BCUT2D eigenvalue weighted by molar-refractivity contribution is -0.131. The molecule has 1 amide bonds. The number of alkyl halides is 2. The van der Waals surface area contributed by atoms with Gasteiger partial charge in [0.25, 0.3) is 6.43 Å². The Morgan fingerprint density at radius 1 is 1.42 bits per heavy atom. The molecular formula is C14H20F2N2O. The van der Waals surface area contributed by atoms with Crippen LogP contribution < -0.4 is 5.32 Å². The van der Waals surface area contributed by atoms with Gasteiger partial charge in [0.2, 0.25) is 5.91 Å². The zero-order chi connectivity index (χ0) is 14.4. The molecule has 0 saturated heterocycles. The highest BCUT2D eigenvalue weighted by molar-refractivity contribution is 5.81. The number of carbonyl (C=O) groups is 1. The zero-order valence-corrected chi connectivity index (χ0v) is 11.5. The van der Waals surface area contributed by atoms with Crippen LogP contribution in [0.25, 0.3) is 0 Å². The van der Waals surface area contributed by atoms with E-state index in [1.165, 1.54) is 12.1 Å². The molecule has 0 aromatic heterocycles. The average molecular weight is 270 g/mol. The third kappa shape index (κ3) is 4.59. The number of halogens is 2. The maximum absolute atomic E-state index is 12.5. The lowest BCUT2D eigenvalue weighted by atomic mass is 10.1. The molecule has 1 N–H and O–H groups in total. The molecule has 0 aliphatic carbocycles. The van der Waals surface area contributed by atoms with Gasteiger partial charge in [0.15, 0.2) is 0 Å². The third-order valence-corrected chi connectivity index (χ3v) is 3.04. The Balaban J connectivity index is 2.57. The van der Waals surface area contributed by atoms with Gasteiger partial charge in [-0.15, -0.1) is 0 Å². The van der Waals surface area contributed by atoms with Gasteiger partial charge < -0.3 is 10.2 Å². The van der Waals surface area contributed by atoms with Crippen LogP contribution in [0, 0.1) is 0 Å². The van der Waals surface area contributed by atoms with Crippen molar-refractivity contribution in [2.24, 2.45) is 0 Å². The van der Waals surface area contributed by atoms with Crippen molar-refractivity contribution in [3.8, 4) is 0 Å². The summed E-state index contributed by atoms with van der Waals surface area (Å²) >= 11 is 0. The van der Waals surface area contributed by atoms with Crippen LogP contribution in [-0.2, 0) is 11.3 Å². The van der Waals surface area contributed by atoms with E-state index in [0.717, 1.165) is 5.56 Å². The number of amides is 1. The number of nitrogens with one attached hydrogen (secondary N) is 1. The first-order chi connectivity index (χ1) is 8.95. The fraction of sp³-hybridized carbons (Fsp3) is 0.500. The van der Waals surface area contributed by atoms with E-state index >= 15 is 0 Å². The number of benzene rings is 1. The first-order valence-electron chi connectivity index (χ1n) is 6.31. The molecule has 1 aromatic rings. The summed E-state index contributed by atoms with van der Waals surface area (Å²) < 4.78 is 25.1. The summed E-state index contributed by atoms with van der Waals surface area (Å²) in [7, 11) is 1.73. The molecule has 1 rings (SSSR count). The predicted molar refractivity (Wildman–Crippen MR) is 71.0 cm³/mol. The second-order valence-corrected chi connectivity index (χ2v) is 4.50. The number of carbonyl (C=O) groups excluding carboxylic acids is 1. The minimum atomic E-state index is -2.47. The van der Waals surface area contributed by atoms with Crippen LogP contribution in [-0.4, -0.2) is 30.4 Å². The Bertz CT molecular complexity index is 424. The number of nitrogens with zero attached hydrogens (tertiary/aromatic N) is 1. The predicted octanol–water partition coefficient (Wildman–Crippen LogP) is 2.58. The highest BCUT2D eigenvalue weighted by Crippen LogP contribution is 2.19. The van der Waals surface area contributed by atoms with Crippen molar-refractivity contribution in [1.82, 2.24) is 10.2 Å². The average Bonchev–Trinajstić information content (AvgIpc) is 2.43. The second-order valence-electron chi connectivity index (χ2n) is 4.50. The molecule has 0 aliphatic rings. The van der Waals surface area contributed by atoms with E-state index in [0.29, 0.717) is 13.1 Å². The maximum atomic E-state index is 12.5. The molecule has 1 aromatic carbocycles. The standard InChI is InChI=1S/C14H20F2N2O/c1-4-18(3)14(19)10(2)17-9-11-6-5-7-12(8-11)13(15)16/h5-8,10,13,17H,4,9H2,1-3H3. The summed E-state index contributed by atoms with van der Waals surface area (Å²) in [5.41, 5.74) is 0.751. The number of hydrogen-bond acceptors (Lipinski definition) is 2. The van der Waals surface area contributed by atoms with Crippen LogP contribution in [0.2, 0.25) is 0 Å². The zero-order valence-electron chi connectivity index (χ0n) is 11.5. The van der Waals surface area contributed by atoms with Crippen LogP contribution in [0.5, 0.6) is 0 Å². The van der Waals surface area contributed by atoms with Crippen molar-refractivity contribution in [2.75, 3.05) is 13.6 Å². The highest BCUT2D eigenvalue weighted by Gasteiger charge is 2.15. The van der Waals surface area contributed by atoms with Crippen molar-refractivity contribution in [3.05, 3.63) is 35.4 Å². The van der Waals surface area contributed by atoms with E-state index in [1.54, 1.807) is 31.0 Å². The summed E-state index contributed by atoms with van der Waals surface area (Å²) in [5, 5.41) is 3.04. The Hall–Kier alpha value is -1.49. The summed E-state index contributed by atoms with van der Waals surface area (Å²) in [4.78, 5) is 13.4. The monoisotopic (exact) mass is 270 g/mol. The van der Waals surface area contributed by atoms with Crippen molar-refractivity contribution in [1.29, 1.82) is 0 Å². The van der Waals surface area contributed by atoms with Crippen molar-refractivity contribution in [2.45, 2.75) is 32.9 Å². The second kappa shape index (κ2) is 7.19. The molecule has 0 spiro atoms. The lowest BCUT2D eigenvalue weighted by Gasteiger charge is -2.20. The molecule has 1 unspecified atom stereocenters. The van der Waals surface area contributed by atoms with Crippen LogP contribution >= 0.6 is 0 Å². The first-order valence-corrected chi connectivity index (χ1v) is 6.31. The summed E-state index contributed by atoms with van der Waals surface area (Å²) in [5.74, 6) is -0.00693. The molecule has 0 radical (unpaired) electrons. The van der Waals surface area contributed by atoms with Gasteiger partial charge in [-0.2, -0.15) is 0 Å². The van der Waals surface area contributed by atoms with Crippen LogP contribution in [0.15, 0.2) is 24.3 Å². The summed E-state index contributed by atoms with van der Waals surface area (Å²) in [6.07, 6.45) is -2.47. The molecular weight excluding hydrogens is 250 g/mol. The van der Waals surface area contributed by atoms with E-state index in [1.807, 2.05) is 6.92 Å². The van der Waals surface area contributed by atoms with E-state index in [2.05, 4.69) is 5.32 Å². The molecule has 0 bridgehead atoms. The molecule has 0 heterocycles. The summed E-state index contributed by atoms with van der Waals surface area (Å²) in [6.45, 7) is 4.71. The lowest BCUT2D eigenvalue weighted by Crippen LogP contribution is -2.42. The molecule has 3 nitrogen and oxygen atoms in total.